The summed E-state index contributed by atoms with van der Waals surface area (Å²) in [5.74, 6) is 1.68. The van der Waals surface area contributed by atoms with E-state index in [-0.39, 0.29) is 6.10 Å². The fourth-order valence-corrected chi connectivity index (χ4v) is 3.31. The molecule has 3 atom stereocenters. The highest BCUT2D eigenvalue weighted by atomic mass is 79.9. The van der Waals surface area contributed by atoms with Gasteiger partial charge in [0.1, 0.15) is 5.75 Å². The molecule has 0 aromatic heterocycles. The summed E-state index contributed by atoms with van der Waals surface area (Å²) in [6.07, 6.45) is 5.53. The minimum atomic E-state index is 0.116. The van der Waals surface area contributed by atoms with E-state index in [1.165, 1.54) is 31.2 Å². The Morgan fingerprint density at radius 1 is 1.37 bits per heavy atom. The minimum absolute atomic E-state index is 0.116. The van der Waals surface area contributed by atoms with Crippen LogP contribution in [0, 0.1) is 5.92 Å². The molecule has 106 valence electrons. The van der Waals surface area contributed by atoms with Crippen LogP contribution in [-0.2, 0) is 4.74 Å². The highest BCUT2D eigenvalue weighted by molar-refractivity contribution is 9.09. The first-order valence-corrected chi connectivity index (χ1v) is 8.20. The minimum Gasteiger partial charge on any atom is -0.497 e. The lowest BCUT2D eigenvalue weighted by molar-refractivity contribution is -0.0291. The van der Waals surface area contributed by atoms with E-state index in [1.54, 1.807) is 7.11 Å². The van der Waals surface area contributed by atoms with Crippen molar-refractivity contribution in [2.24, 2.45) is 5.92 Å². The molecule has 0 saturated heterocycles. The average molecular weight is 327 g/mol. The number of benzene rings is 1. The second-order valence-electron chi connectivity index (χ2n) is 5.45. The Hall–Kier alpha value is -0.540. The zero-order valence-corrected chi connectivity index (χ0v) is 13.4. The number of halogens is 1. The molecule has 3 unspecified atom stereocenters. The van der Waals surface area contributed by atoms with Crippen LogP contribution in [0.15, 0.2) is 24.3 Å². The van der Waals surface area contributed by atoms with Gasteiger partial charge in [0.15, 0.2) is 0 Å². The highest BCUT2D eigenvalue weighted by Crippen LogP contribution is 2.31. The third kappa shape index (κ3) is 4.22. The van der Waals surface area contributed by atoms with Gasteiger partial charge in [0.05, 0.1) is 19.3 Å². The molecule has 0 N–H and O–H groups in total. The molecule has 2 rings (SSSR count). The number of ether oxygens (including phenoxy) is 2. The Labute approximate surface area is 124 Å². The third-order valence-corrected chi connectivity index (χ3v) is 4.44. The van der Waals surface area contributed by atoms with Gasteiger partial charge in [-0.1, -0.05) is 47.8 Å². The molecule has 1 aliphatic rings. The van der Waals surface area contributed by atoms with E-state index in [9.17, 15) is 0 Å². The first kappa shape index (κ1) is 14.9. The maximum absolute atomic E-state index is 6.29. The van der Waals surface area contributed by atoms with Gasteiger partial charge in [0, 0.05) is 5.33 Å². The number of hydrogen-bond donors (Lipinski definition) is 0. The molecule has 0 spiro atoms. The highest BCUT2D eigenvalue weighted by Gasteiger charge is 2.23. The summed E-state index contributed by atoms with van der Waals surface area (Å²) in [6.45, 7) is 2.32. The summed E-state index contributed by atoms with van der Waals surface area (Å²) in [4.78, 5) is 0. The van der Waals surface area contributed by atoms with Gasteiger partial charge in [0.25, 0.3) is 0 Å². The number of methoxy groups -OCH3 is 1. The van der Waals surface area contributed by atoms with Crippen LogP contribution in [-0.4, -0.2) is 18.5 Å². The van der Waals surface area contributed by atoms with Gasteiger partial charge >= 0.3 is 0 Å². The lowest BCUT2D eigenvalue weighted by atomic mass is 9.88. The molecule has 1 saturated carbocycles. The molecule has 0 heterocycles. The van der Waals surface area contributed by atoms with Crippen molar-refractivity contribution in [2.45, 2.75) is 44.8 Å². The predicted octanol–water partition coefficient (Wildman–Crippen LogP) is 4.73. The van der Waals surface area contributed by atoms with Crippen LogP contribution in [0.5, 0.6) is 5.75 Å². The monoisotopic (exact) mass is 326 g/mol. The summed E-state index contributed by atoms with van der Waals surface area (Å²) in [7, 11) is 1.70. The van der Waals surface area contributed by atoms with Crippen molar-refractivity contribution in [3.8, 4) is 5.75 Å². The molecule has 2 nitrogen and oxygen atoms in total. The Morgan fingerprint density at radius 3 is 2.89 bits per heavy atom. The van der Waals surface area contributed by atoms with Gasteiger partial charge in [-0.3, -0.25) is 0 Å². The van der Waals surface area contributed by atoms with Crippen LogP contribution in [0.4, 0.5) is 0 Å². The fourth-order valence-electron chi connectivity index (χ4n) is 2.78. The summed E-state index contributed by atoms with van der Waals surface area (Å²) < 4.78 is 11.6. The molecular formula is C16H23BrO2. The van der Waals surface area contributed by atoms with E-state index in [0.29, 0.717) is 6.10 Å². The predicted molar refractivity (Wildman–Crippen MR) is 82.0 cm³/mol. The van der Waals surface area contributed by atoms with Crippen molar-refractivity contribution in [2.75, 3.05) is 12.4 Å². The molecule has 0 amide bonds. The smallest absolute Gasteiger partial charge is 0.119 e. The van der Waals surface area contributed by atoms with E-state index >= 15 is 0 Å². The summed E-state index contributed by atoms with van der Waals surface area (Å²) in [6, 6.07) is 8.17. The fraction of sp³-hybridized carbons (Fsp3) is 0.625. The second-order valence-corrected chi connectivity index (χ2v) is 6.10. The largest absolute Gasteiger partial charge is 0.497 e. The lowest BCUT2D eigenvalue weighted by Gasteiger charge is -2.30. The Bertz CT molecular complexity index is 394. The second kappa shape index (κ2) is 7.30. The van der Waals surface area contributed by atoms with Gasteiger partial charge in [-0.25, -0.2) is 0 Å². The molecule has 1 fully saturated rings. The third-order valence-electron chi connectivity index (χ3n) is 3.85. The van der Waals surface area contributed by atoms with Gasteiger partial charge in [-0.05, 0) is 36.5 Å². The van der Waals surface area contributed by atoms with Crippen molar-refractivity contribution in [3.05, 3.63) is 29.8 Å². The van der Waals surface area contributed by atoms with Gasteiger partial charge in [-0.2, -0.15) is 0 Å². The summed E-state index contributed by atoms with van der Waals surface area (Å²) >= 11 is 3.58. The Balaban J connectivity index is 2.02. The number of alkyl halides is 1. The molecular weight excluding hydrogens is 304 g/mol. The normalized spacial score (nSPS) is 25.0. The average Bonchev–Trinajstić information content (AvgIpc) is 2.45. The standard InChI is InChI=1S/C16H23BrO2/c1-12-5-3-8-15(9-12)19-16(11-17)13-6-4-7-14(10-13)18-2/h4,6-7,10,12,15-16H,3,5,8-9,11H2,1-2H3. The van der Waals surface area contributed by atoms with Crippen LogP contribution >= 0.6 is 15.9 Å². The van der Waals surface area contributed by atoms with Crippen LogP contribution in [0.1, 0.15) is 44.3 Å². The van der Waals surface area contributed by atoms with Gasteiger partial charge in [-0.15, -0.1) is 0 Å². The zero-order valence-electron chi connectivity index (χ0n) is 11.8. The van der Waals surface area contributed by atoms with E-state index < -0.39 is 0 Å². The van der Waals surface area contributed by atoms with Crippen LogP contribution in [0.25, 0.3) is 0 Å². The van der Waals surface area contributed by atoms with E-state index in [0.717, 1.165) is 17.0 Å². The molecule has 1 aromatic rings. The van der Waals surface area contributed by atoms with Gasteiger partial charge < -0.3 is 9.47 Å². The maximum Gasteiger partial charge on any atom is 0.119 e. The zero-order chi connectivity index (χ0) is 13.7. The van der Waals surface area contributed by atoms with E-state index in [2.05, 4.69) is 35.0 Å². The maximum atomic E-state index is 6.29. The first-order chi connectivity index (χ1) is 9.22. The SMILES string of the molecule is COc1cccc(C(CBr)OC2CCCC(C)C2)c1. The van der Waals surface area contributed by atoms with Crippen molar-refractivity contribution in [3.63, 3.8) is 0 Å². The van der Waals surface area contributed by atoms with Crippen LogP contribution in [0.2, 0.25) is 0 Å². The topological polar surface area (TPSA) is 18.5 Å². The molecule has 3 heteroatoms. The number of hydrogen-bond acceptors (Lipinski definition) is 2. The van der Waals surface area contributed by atoms with Crippen LogP contribution < -0.4 is 4.74 Å². The Kier molecular flexibility index (Phi) is 5.71. The summed E-state index contributed by atoms with van der Waals surface area (Å²) in [5.41, 5.74) is 1.19. The van der Waals surface area contributed by atoms with Crippen molar-refractivity contribution in [1.29, 1.82) is 0 Å². The molecule has 0 bridgehead atoms. The molecule has 0 aliphatic heterocycles. The van der Waals surface area contributed by atoms with E-state index in [1.807, 2.05) is 12.1 Å². The van der Waals surface area contributed by atoms with Crippen molar-refractivity contribution in [1.82, 2.24) is 0 Å². The molecule has 19 heavy (non-hydrogen) atoms. The number of rotatable bonds is 5. The van der Waals surface area contributed by atoms with Gasteiger partial charge in [0.2, 0.25) is 0 Å². The van der Waals surface area contributed by atoms with Crippen molar-refractivity contribution >= 4 is 15.9 Å². The molecule has 0 radical (unpaired) electrons. The molecule has 1 aliphatic carbocycles. The Morgan fingerprint density at radius 2 is 2.21 bits per heavy atom. The summed E-state index contributed by atoms with van der Waals surface area (Å²) in [5, 5.41) is 0.824. The first-order valence-electron chi connectivity index (χ1n) is 7.08. The van der Waals surface area contributed by atoms with Crippen LogP contribution in [0.3, 0.4) is 0 Å². The van der Waals surface area contributed by atoms with Crippen molar-refractivity contribution < 1.29 is 9.47 Å². The molecule has 1 aromatic carbocycles. The van der Waals surface area contributed by atoms with E-state index in [4.69, 9.17) is 9.47 Å². The quantitative estimate of drug-likeness (QED) is 0.728. The lowest BCUT2D eigenvalue weighted by Crippen LogP contribution is -2.24.